The highest BCUT2D eigenvalue weighted by atomic mass is 32.2. The van der Waals surface area contributed by atoms with E-state index in [1.54, 1.807) is 0 Å². The summed E-state index contributed by atoms with van der Waals surface area (Å²) in [4.78, 5) is 0.0629. The van der Waals surface area contributed by atoms with Crippen LogP contribution in [0.3, 0.4) is 0 Å². The number of nitrogens with two attached hydrogens (primary N) is 2. The molecule has 0 aliphatic carbocycles. The first-order valence-corrected chi connectivity index (χ1v) is 6.51. The lowest BCUT2D eigenvalue weighted by Crippen LogP contribution is -2.14. The molecular weight excluding hydrogens is 226 g/mol. The van der Waals surface area contributed by atoms with Crippen molar-refractivity contribution < 1.29 is 8.42 Å². The molecule has 0 amide bonds. The lowest BCUT2D eigenvalue weighted by Gasteiger charge is -2.12. The third kappa shape index (κ3) is 3.39. The predicted molar refractivity (Wildman–Crippen MR) is 65.6 cm³/mol. The molecule has 0 heterocycles. The smallest absolute Gasteiger partial charge is 0.238 e. The molecule has 1 aromatic rings. The van der Waals surface area contributed by atoms with Crippen molar-refractivity contribution in [2.75, 3.05) is 17.6 Å². The minimum absolute atomic E-state index is 0.0629. The highest BCUT2D eigenvalue weighted by molar-refractivity contribution is 7.89. The van der Waals surface area contributed by atoms with Crippen molar-refractivity contribution in [3.05, 3.63) is 18.2 Å². The lowest BCUT2D eigenvalue weighted by atomic mass is 10.2. The van der Waals surface area contributed by atoms with Crippen LogP contribution in [0.4, 0.5) is 11.4 Å². The van der Waals surface area contributed by atoms with Crippen LogP contribution in [0.5, 0.6) is 0 Å². The second kappa shape index (κ2) is 4.71. The minimum atomic E-state index is -3.68. The molecule has 0 atom stereocenters. The molecule has 0 saturated carbocycles. The van der Waals surface area contributed by atoms with Gasteiger partial charge in [0, 0.05) is 6.54 Å². The SMILES string of the molecule is CC(C)CNc1cc(S(N)(=O)=O)ccc1N. The van der Waals surface area contributed by atoms with Crippen LogP contribution in [0, 0.1) is 5.92 Å². The van der Waals surface area contributed by atoms with Gasteiger partial charge in [-0.15, -0.1) is 0 Å². The fraction of sp³-hybridized carbons (Fsp3) is 0.400. The molecule has 5 N–H and O–H groups in total. The topological polar surface area (TPSA) is 98.2 Å². The lowest BCUT2D eigenvalue weighted by molar-refractivity contribution is 0.598. The largest absolute Gasteiger partial charge is 0.397 e. The van der Waals surface area contributed by atoms with Crippen molar-refractivity contribution in [2.24, 2.45) is 11.1 Å². The summed E-state index contributed by atoms with van der Waals surface area (Å²) in [7, 11) is -3.68. The third-order valence-electron chi connectivity index (χ3n) is 2.05. The van der Waals surface area contributed by atoms with Crippen LogP contribution in [0.2, 0.25) is 0 Å². The van der Waals surface area contributed by atoms with Crippen LogP contribution in [-0.4, -0.2) is 15.0 Å². The fourth-order valence-corrected chi connectivity index (χ4v) is 1.72. The Balaban J connectivity index is 3.00. The number of rotatable bonds is 4. The molecule has 1 rings (SSSR count). The summed E-state index contributed by atoms with van der Waals surface area (Å²) in [5.74, 6) is 0.442. The molecule has 0 unspecified atom stereocenters. The number of primary sulfonamides is 1. The molecule has 0 bridgehead atoms. The maximum Gasteiger partial charge on any atom is 0.238 e. The Labute approximate surface area is 95.9 Å². The Hall–Kier alpha value is -1.27. The van der Waals surface area contributed by atoms with Gasteiger partial charge in [-0.25, -0.2) is 13.6 Å². The van der Waals surface area contributed by atoms with Gasteiger partial charge >= 0.3 is 0 Å². The Kier molecular flexibility index (Phi) is 3.77. The predicted octanol–water partition coefficient (Wildman–Crippen LogP) is 0.984. The molecular formula is C10H17N3O2S. The van der Waals surface area contributed by atoms with E-state index >= 15 is 0 Å². The molecule has 6 heteroatoms. The third-order valence-corrected chi connectivity index (χ3v) is 2.97. The van der Waals surface area contributed by atoms with E-state index in [9.17, 15) is 8.42 Å². The number of hydrogen-bond acceptors (Lipinski definition) is 4. The summed E-state index contributed by atoms with van der Waals surface area (Å²) >= 11 is 0. The number of nitrogen functional groups attached to an aromatic ring is 1. The zero-order chi connectivity index (χ0) is 12.3. The second-order valence-corrected chi connectivity index (χ2v) is 5.63. The van der Waals surface area contributed by atoms with Gasteiger partial charge in [-0.05, 0) is 24.1 Å². The van der Waals surface area contributed by atoms with Crippen molar-refractivity contribution in [2.45, 2.75) is 18.7 Å². The summed E-state index contributed by atoms with van der Waals surface area (Å²) in [6, 6.07) is 4.38. The van der Waals surface area contributed by atoms with Crippen molar-refractivity contribution >= 4 is 21.4 Å². The second-order valence-electron chi connectivity index (χ2n) is 4.07. The number of sulfonamides is 1. The Morgan fingerprint density at radius 2 is 2.00 bits per heavy atom. The molecule has 0 aliphatic rings. The number of anilines is 2. The fourth-order valence-electron chi connectivity index (χ4n) is 1.18. The maximum atomic E-state index is 11.1. The molecule has 0 spiro atoms. The Morgan fingerprint density at radius 3 is 2.50 bits per heavy atom. The van der Waals surface area contributed by atoms with Crippen LogP contribution >= 0.6 is 0 Å². The standard InChI is InChI=1S/C10H17N3O2S/c1-7(2)6-13-10-5-8(16(12,14)15)3-4-9(10)11/h3-5,7,13H,6,11H2,1-2H3,(H2,12,14,15). The molecule has 0 aromatic heterocycles. The molecule has 16 heavy (non-hydrogen) atoms. The minimum Gasteiger partial charge on any atom is -0.397 e. The summed E-state index contributed by atoms with van der Waals surface area (Å²) in [5, 5.41) is 8.12. The zero-order valence-corrected chi connectivity index (χ0v) is 10.2. The van der Waals surface area contributed by atoms with E-state index in [0.717, 1.165) is 6.54 Å². The van der Waals surface area contributed by atoms with Gasteiger partial charge in [0.1, 0.15) is 0 Å². The molecule has 0 aliphatic heterocycles. The average molecular weight is 243 g/mol. The van der Waals surface area contributed by atoms with E-state index in [1.165, 1.54) is 18.2 Å². The van der Waals surface area contributed by atoms with Gasteiger partial charge in [0.15, 0.2) is 0 Å². The highest BCUT2D eigenvalue weighted by Crippen LogP contribution is 2.22. The number of benzene rings is 1. The van der Waals surface area contributed by atoms with Gasteiger partial charge in [-0.3, -0.25) is 0 Å². The first-order chi connectivity index (χ1) is 7.30. The zero-order valence-electron chi connectivity index (χ0n) is 9.40. The monoisotopic (exact) mass is 243 g/mol. The van der Waals surface area contributed by atoms with E-state index in [1.807, 2.05) is 13.8 Å². The average Bonchev–Trinajstić information content (AvgIpc) is 2.14. The quantitative estimate of drug-likeness (QED) is 0.687. The molecule has 1 aromatic carbocycles. The highest BCUT2D eigenvalue weighted by Gasteiger charge is 2.10. The van der Waals surface area contributed by atoms with Gasteiger partial charge in [0.2, 0.25) is 10.0 Å². The normalized spacial score (nSPS) is 11.8. The Morgan fingerprint density at radius 1 is 1.38 bits per heavy atom. The van der Waals surface area contributed by atoms with Gasteiger partial charge in [-0.2, -0.15) is 0 Å². The van der Waals surface area contributed by atoms with Crippen LogP contribution in [0.25, 0.3) is 0 Å². The Bertz CT molecular complexity index is 469. The molecule has 0 saturated heterocycles. The summed E-state index contributed by atoms with van der Waals surface area (Å²) in [6.45, 7) is 4.82. The van der Waals surface area contributed by atoms with Gasteiger partial charge < -0.3 is 11.1 Å². The summed E-state index contributed by atoms with van der Waals surface area (Å²) in [5.41, 5.74) is 6.83. The molecule has 0 fully saturated rings. The first kappa shape index (κ1) is 12.8. The first-order valence-electron chi connectivity index (χ1n) is 4.97. The molecule has 5 nitrogen and oxygen atoms in total. The molecule has 0 radical (unpaired) electrons. The van der Waals surface area contributed by atoms with Crippen LogP contribution in [0.1, 0.15) is 13.8 Å². The van der Waals surface area contributed by atoms with E-state index in [0.29, 0.717) is 17.3 Å². The number of hydrogen-bond donors (Lipinski definition) is 3. The van der Waals surface area contributed by atoms with Gasteiger partial charge in [0.25, 0.3) is 0 Å². The van der Waals surface area contributed by atoms with Crippen molar-refractivity contribution in [3.63, 3.8) is 0 Å². The van der Waals surface area contributed by atoms with Crippen LogP contribution in [0.15, 0.2) is 23.1 Å². The summed E-state index contributed by atoms with van der Waals surface area (Å²) in [6.07, 6.45) is 0. The summed E-state index contributed by atoms with van der Waals surface area (Å²) < 4.78 is 22.3. The maximum absolute atomic E-state index is 11.1. The van der Waals surface area contributed by atoms with Gasteiger partial charge in [-0.1, -0.05) is 13.8 Å². The van der Waals surface area contributed by atoms with Crippen molar-refractivity contribution in [1.82, 2.24) is 0 Å². The number of nitrogens with one attached hydrogen (secondary N) is 1. The van der Waals surface area contributed by atoms with E-state index in [2.05, 4.69) is 5.32 Å². The van der Waals surface area contributed by atoms with Crippen molar-refractivity contribution in [3.8, 4) is 0 Å². The van der Waals surface area contributed by atoms with Crippen LogP contribution < -0.4 is 16.2 Å². The van der Waals surface area contributed by atoms with E-state index in [-0.39, 0.29) is 4.90 Å². The van der Waals surface area contributed by atoms with Crippen LogP contribution in [-0.2, 0) is 10.0 Å². The van der Waals surface area contributed by atoms with Crippen molar-refractivity contribution in [1.29, 1.82) is 0 Å². The molecule has 90 valence electrons. The van der Waals surface area contributed by atoms with Gasteiger partial charge in [0.05, 0.1) is 16.3 Å². The van der Waals surface area contributed by atoms with E-state index < -0.39 is 10.0 Å². The van der Waals surface area contributed by atoms with E-state index in [4.69, 9.17) is 10.9 Å².